The molecule has 0 unspecified atom stereocenters. The number of nitrogens with one attached hydrogen (secondary N) is 1. The van der Waals surface area contributed by atoms with Gasteiger partial charge in [0.25, 0.3) is 5.56 Å². The molecule has 0 atom stereocenters. The molecule has 4 rings (SSSR count). The van der Waals surface area contributed by atoms with Crippen LogP contribution in [0.4, 0.5) is 0 Å². The first-order valence-corrected chi connectivity index (χ1v) is 8.38. The molecule has 0 amide bonds. The van der Waals surface area contributed by atoms with E-state index in [1.807, 2.05) is 18.2 Å². The number of carbonyl (C=O) groups excluding carboxylic acids is 1. The minimum Gasteiger partial charge on any atom is -0.496 e. The zero-order valence-corrected chi connectivity index (χ0v) is 14.7. The molecule has 0 spiro atoms. The number of aromatic amines is 1. The third-order valence-corrected chi connectivity index (χ3v) is 4.29. The van der Waals surface area contributed by atoms with Crippen molar-refractivity contribution in [3.8, 4) is 16.9 Å². The van der Waals surface area contributed by atoms with E-state index >= 15 is 0 Å². The maximum absolute atomic E-state index is 12.8. The molecular weight excluding hydrogens is 348 g/mol. The van der Waals surface area contributed by atoms with Crippen molar-refractivity contribution in [2.75, 3.05) is 13.7 Å². The Bertz CT molecular complexity index is 1220. The minimum atomic E-state index is -0.734. The van der Waals surface area contributed by atoms with Gasteiger partial charge in [0.2, 0.25) is 0 Å². The number of esters is 1. The van der Waals surface area contributed by atoms with Gasteiger partial charge in [-0.25, -0.2) is 4.79 Å². The Morgan fingerprint density at radius 3 is 2.85 bits per heavy atom. The molecule has 3 aromatic heterocycles. The standard InChI is InChI=1S/C20H16N2O5/c1-3-26-20(24)16-15(12-10-21-9-8-13(12)25-2)18-17(22-19(16)23)11-6-4-5-7-14(11)27-18/h4-10H,3H2,1-2H3,(H,22,23). The summed E-state index contributed by atoms with van der Waals surface area (Å²) in [6, 6.07) is 8.96. The molecule has 7 nitrogen and oxygen atoms in total. The van der Waals surface area contributed by atoms with Crippen LogP contribution in [0, 0.1) is 0 Å². The normalized spacial score (nSPS) is 11.0. The van der Waals surface area contributed by atoms with Gasteiger partial charge in [-0.2, -0.15) is 0 Å². The van der Waals surface area contributed by atoms with Gasteiger partial charge in [-0.3, -0.25) is 9.78 Å². The van der Waals surface area contributed by atoms with Crippen LogP contribution in [-0.2, 0) is 4.74 Å². The number of pyridine rings is 2. The van der Waals surface area contributed by atoms with Crippen molar-refractivity contribution in [2.24, 2.45) is 0 Å². The molecule has 136 valence electrons. The molecule has 1 N–H and O–H groups in total. The van der Waals surface area contributed by atoms with Crippen LogP contribution in [0.2, 0.25) is 0 Å². The van der Waals surface area contributed by atoms with E-state index in [2.05, 4.69) is 9.97 Å². The van der Waals surface area contributed by atoms with Crippen molar-refractivity contribution in [1.82, 2.24) is 9.97 Å². The summed E-state index contributed by atoms with van der Waals surface area (Å²) in [6.45, 7) is 1.82. The van der Waals surface area contributed by atoms with E-state index < -0.39 is 11.5 Å². The largest absolute Gasteiger partial charge is 0.496 e. The Labute approximate surface area is 153 Å². The van der Waals surface area contributed by atoms with Crippen LogP contribution in [0.15, 0.2) is 51.9 Å². The fourth-order valence-corrected chi connectivity index (χ4v) is 3.15. The highest BCUT2D eigenvalue weighted by Crippen LogP contribution is 2.39. The molecule has 0 fully saturated rings. The molecule has 0 aliphatic rings. The molecule has 0 aliphatic heterocycles. The molecule has 27 heavy (non-hydrogen) atoms. The highest BCUT2D eigenvalue weighted by molar-refractivity contribution is 6.12. The predicted octanol–water partition coefficient (Wildman–Crippen LogP) is 3.52. The van der Waals surface area contributed by atoms with Crippen LogP contribution in [0.1, 0.15) is 17.3 Å². The van der Waals surface area contributed by atoms with Crippen LogP contribution >= 0.6 is 0 Å². The smallest absolute Gasteiger partial charge is 0.344 e. The molecular formula is C20H16N2O5. The van der Waals surface area contributed by atoms with Crippen molar-refractivity contribution in [2.45, 2.75) is 6.92 Å². The fraction of sp³-hybridized carbons (Fsp3) is 0.150. The number of rotatable bonds is 4. The fourth-order valence-electron chi connectivity index (χ4n) is 3.15. The lowest BCUT2D eigenvalue weighted by molar-refractivity contribution is 0.0525. The molecule has 4 aromatic rings. The molecule has 0 saturated heterocycles. The Hall–Kier alpha value is -3.61. The van der Waals surface area contributed by atoms with Crippen LogP contribution in [0.3, 0.4) is 0 Å². The van der Waals surface area contributed by atoms with Gasteiger partial charge in [-0.05, 0) is 25.1 Å². The van der Waals surface area contributed by atoms with E-state index in [1.54, 1.807) is 25.3 Å². The molecule has 0 aliphatic carbocycles. The Morgan fingerprint density at radius 1 is 1.26 bits per heavy atom. The van der Waals surface area contributed by atoms with Crippen LogP contribution in [-0.4, -0.2) is 29.7 Å². The van der Waals surface area contributed by atoms with Crippen LogP contribution < -0.4 is 10.3 Å². The van der Waals surface area contributed by atoms with Crippen LogP contribution in [0.5, 0.6) is 5.75 Å². The van der Waals surface area contributed by atoms with Gasteiger partial charge in [0.1, 0.15) is 16.9 Å². The van der Waals surface area contributed by atoms with E-state index in [4.69, 9.17) is 13.9 Å². The second-order valence-electron chi connectivity index (χ2n) is 5.80. The van der Waals surface area contributed by atoms with Crippen LogP contribution in [0.25, 0.3) is 33.2 Å². The van der Waals surface area contributed by atoms with Gasteiger partial charge >= 0.3 is 5.97 Å². The maximum Gasteiger partial charge on any atom is 0.344 e. The molecule has 0 radical (unpaired) electrons. The van der Waals surface area contributed by atoms with Crippen molar-refractivity contribution in [3.63, 3.8) is 0 Å². The maximum atomic E-state index is 12.8. The number of H-pyrrole nitrogens is 1. The summed E-state index contributed by atoms with van der Waals surface area (Å²) in [5.74, 6) is -0.273. The molecule has 1 aromatic carbocycles. The number of hydrogen-bond acceptors (Lipinski definition) is 6. The second-order valence-corrected chi connectivity index (χ2v) is 5.80. The predicted molar refractivity (Wildman–Crippen MR) is 100 cm³/mol. The lowest BCUT2D eigenvalue weighted by Crippen LogP contribution is -2.21. The van der Waals surface area contributed by atoms with E-state index in [1.165, 1.54) is 13.3 Å². The summed E-state index contributed by atoms with van der Waals surface area (Å²) in [4.78, 5) is 32.3. The van der Waals surface area contributed by atoms with Gasteiger partial charge in [0.05, 0.1) is 24.8 Å². The van der Waals surface area contributed by atoms with Gasteiger partial charge in [-0.1, -0.05) is 12.1 Å². The third-order valence-electron chi connectivity index (χ3n) is 4.29. The first-order valence-electron chi connectivity index (χ1n) is 8.38. The van der Waals surface area contributed by atoms with Gasteiger partial charge in [0, 0.05) is 23.3 Å². The zero-order valence-electron chi connectivity index (χ0n) is 14.7. The number of fused-ring (bicyclic) bond motifs is 3. The molecule has 0 saturated carbocycles. The monoisotopic (exact) mass is 364 g/mol. The zero-order chi connectivity index (χ0) is 19.0. The lowest BCUT2D eigenvalue weighted by Gasteiger charge is -2.12. The summed E-state index contributed by atoms with van der Waals surface area (Å²) in [5, 5.41) is 0.740. The van der Waals surface area contributed by atoms with Crippen molar-refractivity contribution < 1.29 is 18.7 Å². The quantitative estimate of drug-likeness (QED) is 0.557. The summed E-state index contributed by atoms with van der Waals surface area (Å²) < 4.78 is 16.5. The van der Waals surface area contributed by atoms with Crippen molar-refractivity contribution in [1.29, 1.82) is 0 Å². The molecule has 3 heterocycles. The average molecular weight is 364 g/mol. The summed E-state index contributed by atoms with van der Waals surface area (Å²) in [5.41, 5.74) is 1.53. The summed E-state index contributed by atoms with van der Waals surface area (Å²) >= 11 is 0. The van der Waals surface area contributed by atoms with Gasteiger partial charge in [-0.15, -0.1) is 0 Å². The Balaban J connectivity index is 2.19. The highest BCUT2D eigenvalue weighted by Gasteiger charge is 2.27. The average Bonchev–Trinajstić information content (AvgIpc) is 3.05. The number of ether oxygens (including phenoxy) is 2. The van der Waals surface area contributed by atoms with Gasteiger partial charge < -0.3 is 18.9 Å². The second kappa shape index (κ2) is 6.60. The van der Waals surface area contributed by atoms with E-state index in [0.717, 1.165) is 5.39 Å². The number of hydrogen-bond donors (Lipinski definition) is 1. The van der Waals surface area contributed by atoms with Crippen molar-refractivity contribution >= 4 is 28.0 Å². The number of para-hydroxylation sites is 1. The first-order chi connectivity index (χ1) is 13.2. The minimum absolute atomic E-state index is 0.139. The Kier molecular flexibility index (Phi) is 4.12. The van der Waals surface area contributed by atoms with Crippen molar-refractivity contribution in [3.05, 3.63) is 58.6 Å². The number of aromatic nitrogens is 2. The number of carbonyl (C=O) groups is 1. The molecule has 0 bridgehead atoms. The van der Waals surface area contributed by atoms with E-state index in [9.17, 15) is 9.59 Å². The lowest BCUT2D eigenvalue weighted by atomic mass is 10.0. The number of methoxy groups -OCH3 is 1. The number of nitrogens with zero attached hydrogens (tertiary/aromatic N) is 1. The highest BCUT2D eigenvalue weighted by atomic mass is 16.5. The first kappa shape index (κ1) is 16.8. The number of furan rings is 1. The summed E-state index contributed by atoms with van der Waals surface area (Å²) in [6.07, 6.45) is 3.10. The number of benzene rings is 1. The third kappa shape index (κ3) is 2.64. The van der Waals surface area contributed by atoms with Gasteiger partial charge in [0.15, 0.2) is 5.58 Å². The Morgan fingerprint density at radius 2 is 2.07 bits per heavy atom. The topological polar surface area (TPSA) is 94.4 Å². The van der Waals surface area contributed by atoms with E-state index in [0.29, 0.717) is 33.6 Å². The summed E-state index contributed by atoms with van der Waals surface area (Å²) in [7, 11) is 1.51. The SMILES string of the molecule is CCOC(=O)c1c(-c2cnccc2OC)c2oc3ccccc3c2[nH]c1=O. The molecule has 7 heteroatoms. The van der Waals surface area contributed by atoms with E-state index in [-0.39, 0.29) is 12.2 Å².